The molecule has 3 heteroatoms. The van der Waals surface area contributed by atoms with Gasteiger partial charge in [0.25, 0.3) is 0 Å². The van der Waals surface area contributed by atoms with E-state index < -0.39 is 0 Å². The van der Waals surface area contributed by atoms with E-state index in [4.69, 9.17) is 9.47 Å². The largest absolute Gasteiger partial charge is 0.352 e. The van der Waals surface area contributed by atoms with E-state index in [1.165, 1.54) is 31.2 Å². The van der Waals surface area contributed by atoms with E-state index in [1.54, 1.807) is 0 Å². The van der Waals surface area contributed by atoms with Gasteiger partial charge in [0.05, 0.1) is 0 Å². The molecule has 0 N–H and O–H groups in total. The summed E-state index contributed by atoms with van der Waals surface area (Å²) in [6.07, 6.45) is 6.96. The molecule has 0 spiro atoms. The van der Waals surface area contributed by atoms with Crippen molar-refractivity contribution in [2.45, 2.75) is 65.2 Å². The van der Waals surface area contributed by atoms with Crippen LogP contribution in [0.4, 0.5) is 0 Å². The van der Waals surface area contributed by atoms with Crippen LogP contribution in [0.15, 0.2) is 30.3 Å². The number of piperidine rings is 1. The maximum atomic E-state index is 6.08. The molecule has 1 aliphatic heterocycles. The van der Waals surface area contributed by atoms with Crippen LogP contribution in [0.25, 0.3) is 0 Å². The normalized spacial score (nSPS) is 16.8. The van der Waals surface area contributed by atoms with E-state index in [0.717, 1.165) is 45.7 Å². The summed E-state index contributed by atoms with van der Waals surface area (Å²) in [5.74, 6) is 0.547. The predicted molar refractivity (Wildman–Crippen MR) is 100.0 cm³/mol. The number of hydrogen-bond donors (Lipinski definition) is 0. The molecule has 2 rings (SSSR count). The highest BCUT2D eigenvalue weighted by Gasteiger charge is 2.27. The SMILES string of the molecule is CCCCOC(OCCCC)C1CCN(Cc2ccccc2)CC1. The molecule has 0 aromatic heterocycles. The molecule has 1 aromatic carbocycles. The first-order valence-electron chi connectivity index (χ1n) is 9.83. The van der Waals surface area contributed by atoms with Crippen molar-refractivity contribution in [3.63, 3.8) is 0 Å². The molecule has 0 unspecified atom stereocenters. The summed E-state index contributed by atoms with van der Waals surface area (Å²) in [4.78, 5) is 2.56. The quantitative estimate of drug-likeness (QED) is 0.426. The molecule has 24 heavy (non-hydrogen) atoms. The summed E-state index contributed by atoms with van der Waals surface area (Å²) in [6, 6.07) is 10.8. The molecule has 0 bridgehead atoms. The highest BCUT2D eigenvalue weighted by atomic mass is 16.7. The molecule has 0 amide bonds. The monoisotopic (exact) mass is 333 g/mol. The van der Waals surface area contributed by atoms with Crippen molar-refractivity contribution in [2.24, 2.45) is 5.92 Å². The Hall–Kier alpha value is -0.900. The zero-order chi connectivity index (χ0) is 17.0. The van der Waals surface area contributed by atoms with Gasteiger partial charge in [-0.15, -0.1) is 0 Å². The van der Waals surface area contributed by atoms with E-state index in [2.05, 4.69) is 49.1 Å². The fourth-order valence-electron chi connectivity index (χ4n) is 3.23. The van der Waals surface area contributed by atoms with Gasteiger partial charge in [-0.05, 0) is 44.3 Å². The van der Waals surface area contributed by atoms with Crippen LogP contribution in [0, 0.1) is 5.92 Å². The number of unbranched alkanes of at least 4 members (excludes halogenated alkanes) is 2. The van der Waals surface area contributed by atoms with Crippen molar-refractivity contribution in [1.82, 2.24) is 4.90 Å². The van der Waals surface area contributed by atoms with Crippen molar-refractivity contribution >= 4 is 0 Å². The number of ether oxygens (including phenoxy) is 2. The predicted octanol–water partition coefficient (Wildman–Crippen LogP) is 4.86. The van der Waals surface area contributed by atoms with Crippen LogP contribution in [-0.2, 0) is 16.0 Å². The van der Waals surface area contributed by atoms with Crippen LogP contribution < -0.4 is 0 Å². The first-order valence-corrected chi connectivity index (χ1v) is 9.83. The van der Waals surface area contributed by atoms with Gasteiger partial charge in [-0.2, -0.15) is 0 Å². The van der Waals surface area contributed by atoms with Gasteiger partial charge >= 0.3 is 0 Å². The summed E-state index contributed by atoms with van der Waals surface area (Å²) in [5, 5.41) is 0. The van der Waals surface area contributed by atoms with Gasteiger partial charge in [-0.3, -0.25) is 4.90 Å². The third kappa shape index (κ3) is 6.92. The number of nitrogens with zero attached hydrogens (tertiary/aromatic N) is 1. The van der Waals surface area contributed by atoms with Crippen LogP contribution in [0.3, 0.4) is 0 Å². The molecule has 0 atom stereocenters. The molecule has 1 saturated heterocycles. The van der Waals surface area contributed by atoms with Crippen molar-refractivity contribution in [3.05, 3.63) is 35.9 Å². The molecule has 0 aliphatic carbocycles. The van der Waals surface area contributed by atoms with Gasteiger partial charge < -0.3 is 9.47 Å². The summed E-state index contributed by atoms with van der Waals surface area (Å²) < 4.78 is 12.2. The Morgan fingerprint density at radius 2 is 1.54 bits per heavy atom. The molecule has 3 nitrogen and oxygen atoms in total. The maximum absolute atomic E-state index is 6.08. The third-order valence-corrected chi connectivity index (χ3v) is 4.83. The Bertz CT molecular complexity index is 405. The molecule has 1 fully saturated rings. The van der Waals surface area contributed by atoms with Gasteiger partial charge in [0.2, 0.25) is 0 Å². The lowest BCUT2D eigenvalue weighted by atomic mass is 9.95. The van der Waals surface area contributed by atoms with Crippen molar-refractivity contribution in [3.8, 4) is 0 Å². The van der Waals surface area contributed by atoms with Crippen molar-refractivity contribution in [2.75, 3.05) is 26.3 Å². The van der Waals surface area contributed by atoms with Gasteiger partial charge in [0.1, 0.15) is 0 Å². The maximum Gasteiger partial charge on any atom is 0.160 e. The lowest BCUT2D eigenvalue weighted by Crippen LogP contribution is -2.39. The first kappa shape index (κ1) is 19.4. The highest BCUT2D eigenvalue weighted by molar-refractivity contribution is 5.14. The van der Waals surface area contributed by atoms with E-state index >= 15 is 0 Å². The van der Waals surface area contributed by atoms with E-state index in [9.17, 15) is 0 Å². The molecule has 136 valence electrons. The highest BCUT2D eigenvalue weighted by Crippen LogP contribution is 2.25. The number of rotatable bonds is 11. The fourth-order valence-corrected chi connectivity index (χ4v) is 3.23. The average molecular weight is 334 g/mol. The number of likely N-dealkylation sites (tertiary alicyclic amines) is 1. The summed E-state index contributed by atoms with van der Waals surface area (Å²) in [5.41, 5.74) is 1.41. The molecular weight excluding hydrogens is 298 g/mol. The Morgan fingerprint density at radius 1 is 0.958 bits per heavy atom. The van der Waals surface area contributed by atoms with E-state index in [0.29, 0.717) is 5.92 Å². The third-order valence-electron chi connectivity index (χ3n) is 4.83. The minimum Gasteiger partial charge on any atom is -0.352 e. The first-order chi connectivity index (χ1) is 11.8. The Kier molecular flexibility index (Phi) is 9.40. The van der Waals surface area contributed by atoms with Crippen LogP contribution in [0.1, 0.15) is 57.9 Å². The van der Waals surface area contributed by atoms with Crippen LogP contribution in [-0.4, -0.2) is 37.5 Å². The van der Waals surface area contributed by atoms with E-state index in [1.807, 2.05) is 0 Å². The second-order valence-corrected chi connectivity index (χ2v) is 6.92. The lowest BCUT2D eigenvalue weighted by molar-refractivity contribution is -0.181. The summed E-state index contributed by atoms with van der Waals surface area (Å²) >= 11 is 0. The lowest BCUT2D eigenvalue weighted by Gasteiger charge is -2.35. The molecular formula is C21H35NO2. The van der Waals surface area contributed by atoms with Crippen molar-refractivity contribution in [1.29, 1.82) is 0 Å². The minimum atomic E-state index is 0.00183. The molecule has 1 aromatic rings. The molecule has 1 aliphatic rings. The fraction of sp³-hybridized carbons (Fsp3) is 0.714. The van der Waals surface area contributed by atoms with Gasteiger partial charge in [-0.25, -0.2) is 0 Å². The topological polar surface area (TPSA) is 21.7 Å². The van der Waals surface area contributed by atoms with Gasteiger partial charge in [-0.1, -0.05) is 57.0 Å². The second kappa shape index (κ2) is 11.6. The second-order valence-electron chi connectivity index (χ2n) is 6.92. The summed E-state index contributed by atoms with van der Waals surface area (Å²) in [6.45, 7) is 9.42. The Balaban J connectivity index is 1.77. The molecule has 0 saturated carbocycles. The summed E-state index contributed by atoms with van der Waals surface area (Å²) in [7, 11) is 0. The van der Waals surface area contributed by atoms with E-state index in [-0.39, 0.29) is 6.29 Å². The van der Waals surface area contributed by atoms with Crippen molar-refractivity contribution < 1.29 is 9.47 Å². The van der Waals surface area contributed by atoms with Crippen LogP contribution in [0.5, 0.6) is 0 Å². The van der Waals surface area contributed by atoms with Gasteiger partial charge in [0, 0.05) is 25.7 Å². The smallest absolute Gasteiger partial charge is 0.160 e. The zero-order valence-corrected chi connectivity index (χ0v) is 15.6. The number of benzene rings is 1. The molecule has 1 heterocycles. The standard InChI is InChI=1S/C21H35NO2/c1-3-5-16-23-21(24-17-6-4-2)20-12-14-22(15-13-20)18-19-10-8-7-9-11-19/h7-11,20-21H,3-6,12-18H2,1-2H3. The molecule has 0 radical (unpaired) electrons. The van der Waals surface area contributed by atoms with Crippen LogP contribution in [0.2, 0.25) is 0 Å². The average Bonchev–Trinajstić information content (AvgIpc) is 2.62. The zero-order valence-electron chi connectivity index (χ0n) is 15.6. The Labute approximate surface area is 148 Å². The Morgan fingerprint density at radius 3 is 2.08 bits per heavy atom. The minimum absolute atomic E-state index is 0.00183. The van der Waals surface area contributed by atoms with Gasteiger partial charge in [0.15, 0.2) is 6.29 Å². The number of hydrogen-bond acceptors (Lipinski definition) is 3. The van der Waals surface area contributed by atoms with Crippen LogP contribution >= 0.6 is 0 Å².